The number of benzene rings is 1. The molecule has 33 heavy (non-hydrogen) atoms. The van der Waals surface area contributed by atoms with Gasteiger partial charge in [-0.05, 0) is 50.5 Å². The van der Waals surface area contributed by atoms with Crippen molar-refractivity contribution in [3.05, 3.63) is 36.2 Å². The molecular formula is C24H32N6O3. The number of carbonyl (C=O) groups excluding carboxylic acids is 2. The van der Waals surface area contributed by atoms with Crippen LogP contribution < -0.4 is 20.4 Å². The molecule has 0 saturated carbocycles. The third-order valence-corrected chi connectivity index (χ3v) is 6.03. The number of hydrogen-bond acceptors (Lipinski definition) is 7. The largest absolute Gasteiger partial charge is 0.447 e. The van der Waals surface area contributed by atoms with Crippen LogP contribution in [0.2, 0.25) is 0 Å². The van der Waals surface area contributed by atoms with E-state index in [2.05, 4.69) is 25.5 Å². The van der Waals surface area contributed by atoms with Crippen molar-refractivity contribution in [2.75, 3.05) is 36.0 Å². The van der Waals surface area contributed by atoms with Crippen molar-refractivity contribution in [2.24, 2.45) is 0 Å². The van der Waals surface area contributed by atoms with Crippen LogP contribution in [-0.4, -0.2) is 60.3 Å². The first-order valence-corrected chi connectivity index (χ1v) is 11.5. The van der Waals surface area contributed by atoms with Crippen molar-refractivity contribution >= 4 is 23.6 Å². The van der Waals surface area contributed by atoms with Gasteiger partial charge >= 0.3 is 6.09 Å². The second-order valence-corrected chi connectivity index (χ2v) is 8.91. The number of nitrogens with one attached hydrogen (secondary N) is 2. The highest BCUT2D eigenvalue weighted by molar-refractivity contribution is 5.94. The molecule has 0 spiro atoms. The summed E-state index contributed by atoms with van der Waals surface area (Å²) in [5, 5.41) is 6.31. The lowest BCUT2D eigenvalue weighted by molar-refractivity contribution is -0.117. The van der Waals surface area contributed by atoms with Gasteiger partial charge in [-0.1, -0.05) is 6.07 Å². The van der Waals surface area contributed by atoms with E-state index < -0.39 is 6.09 Å². The summed E-state index contributed by atoms with van der Waals surface area (Å²) in [7, 11) is 0. The lowest BCUT2D eigenvalue weighted by Gasteiger charge is -2.39. The Morgan fingerprint density at radius 1 is 1.15 bits per heavy atom. The number of amides is 2. The number of rotatable bonds is 4. The summed E-state index contributed by atoms with van der Waals surface area (Å²) in [5.74, 6) is 0.703. The third-order valence-electron chi connectivity index (χ3n) is 6.03. The Labute approximate surface area is 194 Å². The zero-order chi connectivity index (χ0) is 23.5. The number of ether oxygens (including phenoxy) is 1. The lowest BCUT2D eigenvalue weighted by Crippen LogP contribution is -2.45. The smallest absolute Gasteiger partial charge is 0.407 e. The van der Waals surface area contributed by atoms with Gasteiger partial charge in [0.15, 0.2) is 0 Å². The quantitative estimate of drug-likeness (QED) is 0.736. The second kappa shape index (κ2) is 9.74. The van der Waals surface area contributed by atoms with E-state index in [1.54, 1.807) is 11.8 Å². The van der Waals surface area contributed by atoms with Gasteiger partial charge in [0.25, 0.3) is 0 Å². The van der Waals surface area contributed by atoms with E-state index in [4.69, 9.17) is 4.74 Å². The highest BCUT2D eigenvalue weighted by Crippen LogP contribution is 2.39. The molecule has 1 aromatic carbocycles. The molecule has 9 nitrogen and oxygen atoms in total. The number of piperazine rings is 1. The monoisotopic (exact) mass is 452 g/mol. The Hall–Kier alpha value is -3.20. The van der Waals surface area contributed by atoms with Crippen molar-refractivity contribution in [1.29, 1.82) is 0 Å². The number of alkyl carbamates (subject to hydrolysis) is 1. The highest BCUT2D eigenvalue weighted by atomic mass is 16.6. The van der Waals surface area contributed by atoms with Crippen molar-refractivity contribution in [3.8, 4) is 11.1 Å². The van der Waals surface area contributed by atoms with E-state index in [0.29, 0.717) is 6.42 Å². The zero-order valence-electron chi connectivity index (χ0n) is 19.7. The minimum absolute atomic E-state index is 0.0246. The predicted octanol–water partition coefficient (Wildman–Crippen LogP) is 2.87. The van der Waals surface area contributed by atoms with E-state index in [9.17, 15) is 9.59 Å². The van der Waals surface area contributed by atoms with Crippen LogP contribution >= 0.6 is 0 Å². The normalized spacial score (nSPS) is 20.4. The minimum atomic E-state index is -0.460. The maximum absolute atomic E-state index is 12.4. The van der Waals surface area contributed by atoms with Gasteiger partial charge in [0.1, 0.15) is 0 Å². The van der Waals surface area contributed by atoms with Crippen LogP contribution in [0.25, 0.3) is 11.1 Å². The molecule has 2 atom stereocenters. The molecule has 0 bridgehead atoms. The predicted molar refractivity (Wildman–Crippen MR) is 127 cm³/mol. The Balaban J connectivity index is 1.64. The Morgan fingerprint density at radius 2 is 1.85 bits per heavy atom. The van der Waals surface area contributed by atoms with Crippen LogP contribution in [0.4, 0.5) is 16.4 Å². The summed E-state index contributed by atoms with van der Waals surface area (Å²) in [5.41, 5.74) is 3.50. The fraction of sp³-hybridized carbons (Fsp3) is 0.500. The van der Waals surface area contributed by atoms with E-state index in [1.165, 1.54) is 0 Å². The van der Waals surface area contributed by atoms with Crippen LogP contribution in [0, 0.1) is 0 Å². The molecule has 0 radical (unpaired) electrons. The minimum Gasteiger partial charge on any atom is -0.447 e. The number of fused-ring (bicyclic) bond motifs is 1. The summed E-state index contributed by atoms with van der Waals surface area (Å²) in [6, 6.07) is 5.61. The van der Waals surface area contributed by atoms with Gasteiger partial charge in [-0.15, -0.1) is 0 Å². The summed E-state index contributed by atoms with van der Waals surface area (Å²) in [6.07, 6.45) is 3.59. The first-order chi connectivity index (χ1) is 15.8. The van der Waals surface area contributed by atoms with Crippen LogP contribution in [0.3, 0.4) is 0 Å². The molecular weight excluding hydrogens is 420 g/mol. The van der Waals surface area contributed by atoms with Gasteiger partial charge < -0.3 is 25.2 Å². The van der Waals surface area contributed by atoms with Crippen LogP contribution in [0.1, 0.15) is 45.7 Å². The summed E-state index contributed by atoms with van der Waals surface area (Å²) in [6.45, 7) is 10.8. The molecule has 4 rings (SSSR count). The highest BCUT2D eigenvalue weighted by Gasteiger charge is 2.33. The third kappa shape index (κ3) is 5.08. The van der Waals surface area contributed by atoms with Crippen molar-refractivity contribution in [2.45, 2.75) is 52.3 Å². The standard InChI is InChI=1S/C24H32N6O3/c1-15(2)33-24(32)28-21-11-16(3)30(17(4)31)22-6-5-18(12-20(21)22)19-13-26-23(27-14-19)29-9-7-25-8-10-29/h5-6,12-16,21,25H,7-11H2,1-4H3,(H,28,32). The Kier molecular flexibility index (Phi) is 6.78. The number of hydrogen-bond donors (Lipinski definition) is 2. The van der Waals surface area contributed by atoms with Gasteiger partial charge in [-0.2, -0.15) is 0 Å². The number of aromatic nitrogens is 2. The Bertz CT molecular complexity index is 1000. The number of anilines is 2. The molecule has 9 heteroatoms. The molecule has 2 amide bonds. The van der Waals surface area contributed by atoms with Gasteiger partial charge in [-0.3, -0.25) is 4.79 Å². The SMILES string of the molecule is CC(=O)N1c2ccc(-c3cnc(N4CCNCC4)nc3)cc2C(NC(=O)OC(C)C)CC1C. The molecule has 1 saturated heterocycles. The molecule has 1 aromatic heterocycles. The first kappa shape index (κ1) is 23.0. The fourth-order valence-corrected chi connectivity index (χ4v) is 4.55. The summed E-state index contributed by atoms with van der Waals surface area (Å²) < 4.78 is 5.30. The molecule has 2 aliphatic heterocycles. The Morgan fingerprint density at radius 3 is 2.48 bits per heavy atom. The average Bonchev–Trinajstić information content (AvgIpc) is 2.79. The first-order valence-electron chi connectivity index (χ1n) is 11.5. The van der Waals surface area contributed by atoms with E-state index in [-0.39, 0.29) is 24.1 Å². The average molecular weight is 453 g/mol. The van der Waals surface area contributed by atoms with Gasteiger partial charge in [-0.25, -0.2) is 14.8 Å². The van der Waals surface area contributed by atoms with Crippen LogP contribution in [0.15, 0.2) is 30.6 Å². The molecule has 2 N–H and O–H groups in total. The fourth-order valence-electron chi connectivity index (χ4n) is 4.55. The van der Waals surface area contributed by atoms with Gasteiger partial charge in [0.05, 0.1) is 12.1 Å². The molecule has 1 fully saturated rings. The molecule has 2 aromatic rings. The van der Waals surface area contributed by atoms with Gasteiger partial charge in [0, 0.05) is 62.8 Å². The number of carbonyl (C=O) groups is 2. The van der Waals surface area contributed by atoms with Crippen molar-refractivity contribution in [1.82, 2.24) is 20.6 Å². The van der Waals surface area contributed by atoms with Crippen LogP contribution in [-0.2, 0) is 9.53 Å². The summed E-state index contributed by atoms with van der Waals surface area (Å²) >= 11 is 0. The zero-order valence-corrected chi connectivity index (χ0v) is 19.7. The molecule has 0 aliphatic carbocycles. The van der Waals surface area contributed by atoms with Crippen LogP contribution in [0.5, 0.6) is 0 Å². The molecule has 176 valence electrons. The maximum Gasteiger partial charge on any atom is 0.407 e. The number of nitrogens with zero attached hydrogens (tertiary/aromatic N) is 4. The van der Waals surface area contributed by atoms with Crippen molar-refractivity contribution < 1.29 is 14.3 Å². The second-order valence-electron chi connectivity index (χ2n) is 8.91. The van der Waals surface area contributed by atoms with E-state index in [0.717, 1.165) is 54.5 Å². The topological polar surface area (TPSA) is 99.7 Å². The van der Waals surface area contributed by atoms with E-state index >= 15 is 0 Å². The van der Waals surface area contributed by atoms with Crippen molar-refractivity contribution in [3.63, 3.8) is 0 Å². The summed E-state index contributed by atoms with van der Waals surface area (Å²) in [4.78, 5) is 37.8. The molecule has 2 aliphatic rings. The molecule has 3 heterocycles. The van der Waals surface area contributed by atoms with Gasteiger partial charge in [0.2, 0.25) is 11.9 Å². The molecule has 2 unspecified atom stereocenters. The van der Waals surface area contributed by atoms with E-state index in [1.807, 2.05) is 51.4 Å². The lowest BCUT2D eigenvalue weighted by atomic mass is 9.89. The maximum atomic E-state index is 12.4.